The number of hydrogen-bond donors (Lipinski definition) is 0. The summed E-state index contributed by atoms with van der Waals surface area (Å²) in [5, 5.41) is 2.53. The van der Waals surface area contributed by atoms with Crippen molar-refractivity contribution in [2.75, 3.05) is 0 Å². The van der Waals surface area contributed by atoms with Crippen molar-refractivity contribution in [3.63, 3.8) is 0 Å². The van der Waals surface area contributed by atoms with Crippen molar-refractivity contribution in [2.24, 2.45) is 4.74 Å². The summed E-state index contributed by atoms with van der Waals surface area (Å²) in [5.41, 5.74) is 1.76. The number of rotatable bonds is 5. The highest BCUT2D eigenvalue weighted by atomic mass is 31.2. The molecule has 196 valence electrons. The van der Waals surface area contributed by atoms with Gasteiger partial charge in [-0.2, -0.15) is 13.2 Å². The largest absolute Gasteiger partial charge is 0.455 e. The third-order valence-electron chi connectivity index (χ3n) is 6.74. The highest BCUT2D eigenvalue weighted by Crippen LogP contribution is 2.62. The standard InChI is InChI=1S/C31H30F3N2OP/c1-5-36-28-17-10-9-16-26(28)27-21-25(18-19-29(27)36)38(30(2,3)4,37-24-14-7-6-8-15-24)35-23-13-11-12-22(20-23)31(32,33)34/h6-21H,5H2,1-4H3. The predicted molar refractivity (Wildman–Crippen MR) is 152 cm³/mol. The highest BCUT2D eigenvalue weighted by molar-refractivity contribution is 7.71. The quantitative estimate of drug-likeness (QED) is 0.206. The second kappa shape index (κ2) is 9.67. The van der Waals surface area contributed by atoms with Crippen molar-refractivity contribution in [1.29, 1.82) is 0 Å². The minimum Gasteiger partial charge on any atom is -0.455 e. The normalized spacial score (nSPS) is 14.0. The van der Waals surface area contributed by atoms with E-state index >= 15 is 0 Å². The van der Waals surface area contributed by atoms with Gasteiger partial charge in [0.05, 0.1) is 11.3 Å². The molecule has 3 nitrogen and oxygen atoms in total. The second-order valence-electron chi connectivity index (χ2n) is 10.3. The fraction of sp³-hybridized carbons (Fsp3) is 0.226. The van der Waals surface area contributed by atoms with Crippen LogP contribution in [0, 0.1) is 0 Å². The van der Waals surface area contributed by atoms with Crippen molar-refractivity contribution < 1.29 is 17.7 Å². The zero-order valence-electron chi connectivity index (χ0n) is 21.8. The summed E-state index contributed by atoms with van der Waals surface area (Å²) in [4.78, 5) is 0. The number of aromatic nitrogens is 1. The maximum atomic E-state index is 13.6. The molecule has 0 aliphatic heterocycles. The molecule has 5 aromatic rings. The molecule has 0 amide bonds. The molecule has 1 aromatic heterocycles. The first kappa shape index (κ1) is 26.1. The number of hydrogen-bond acceptors (Lipinski definition) is 2. The molecule has 0 bridgehead atoms. The van der Waals surface area contributed by atoms with Crippen LogP contribution in [0.25, 0.3) is 21.8 Å². The van der Waals surface area contributed by atoms with E-state index in [1.54, 1.807) is 6.07 Å². The fourth-order valence-corrected chi connectivity index (χ4v) is 7.98. The number of benzene rings is 4. The molecule has 1 unspecified atom stereocenters. The van der Waals surface area contributed by atoms with Gasteiger partial charge in [0.1, 0.15) is 5.75 Å². The number of nitrogens with zero attached hydrogens (tertiary/aromatic N) is 2. The van der Waals surface area contributed by atoms with Crippen LogP contribution in [-0.4, -0.2) is 9.72 Å². The van der Waals surface area contributed by atoms with Gasteiger partial charge in [0, 0.05) is 38.8 Å². The van der Waals surface area contributed by atoms with Crippen molar-refractivity contribution >= 4 is 40.1 Å². The molecule has 0 radical (unpaired) electrons. The summed E-state index contributed by atoms with van der Waals surface area (Å²) in [6.07, 6.45) is -4.46. The zero-order valence-corrected chi connectivity index (χ0v) is 22.7. The molecule has 1 atom stereocenters. The molecule has 0 N–H and O–H groups in total. The molecule has 0 saturated heterocycles. The summed E-state index contributed by atoms with van der Waals surface area (Å²) in [5.74, 6) is 0.627. The van der Waals surface area contributed by atoms with Crippen molar-refractivity contribution in [2.45, 2.75) is 45.6 Å². The van der Waals surface area contributed by atoms with E-state index in [0.717, 1.165) is 45.8 Å². The van der Waals surface area contributed by atoms with E-state index in [-0.39, 0.29) is 5.69 Å². The number of alkyl halides is 3. The Bertz CT molecular complexity index is 1660. The molecule has 0 fully saturated rings. The Morgan fingerprint density at radius 2 is 1.45 bits per heavy atom. The van der Waals surface area contributed by atoms with Crippen LogP contribution in [0.1, 0.15) is 33.3 Å². The van der Waals surface area contributed by atoms with E-state index < -0.39 is 24.2 Å². The zero-order chi connectivity index (χ0) is 27.1. The Balaban J connectivity index is 1.84. The van der Waals surface area contributed by atoms with E-state index in [0.29, 0.717) is 5.75 Å². The summed E-state index contributed by atoms with van der Waals surface area (Å²) in [7, 11) is -2.98. The minimum absolute atomic E-state index is 0.245. The highest BCUT2D eigenvalue weighted by Gasteiger charge is 2.40. The SMILES string of the molecule is CCn1c2ccccc2c2cc(P(=Nc3cccc(C(F)(F)F)c3)(Oc3ccccc3)C(C)(C)C)ccc21. The smallest absolute Gasteiger partial charge is 0.416 e. The lowest BCUT2D eigenvalue weighted by molar-refractivity contribution is -0.137. The first-order chi connectivity index (χ1) is 18.0. The molecule has 7 heteroatoms. The topological polar surface area (TPSA) is 26.5 Å². The Kier molecular flexibility index (Phi) is 6.65. The molecular formula is C31H30F3N2OP. The van der Waals surface area contributed by atoms with Crippen LogP contribution in [0.5, 0.6) is 5.75 Å². The van der Waals surface area contributed by atoms with Crippen molar-refractivity contribution in [1.82, 2.24) is 4.57 Å². The molecule has 0 spiro atoms. The lowest BCUT2D eigenvalue weighted by Gasteiger charge is -2.37. The van der Waals surface area contributed by atoms with E-state index in [9.17, 15) is 13.2 Å². The first-order valence-corrected chi connectivity index (χ1v) is 14.3. The maximum Gasteiger partial charge on any atom is 0.416 e. The lowest BCUT2D eigenvalue weighted by Crippen LogP contribution is -2.27. The fourth-order valence-electron chi connectivity index (χ4n) is 4.92. The van der Waals surface area contributed by atoms with Crippen LogP contribution in [0.3, 0.4) is 0 Å². The van der Waals surface area contributed by atoms with Gasteiger partial charge in [-0.25, -0.2) is 4.74 Å². The molecular weight excluding hydrogens is 504 g/mol. The summed E-state index contributed by atoms with van der Waals surface area (Å²) in [6, 6.07) is 29.1. The Morgan fingerprint density at radius 3 is 2.13 bits per heavy atom. The third-order valence-corrected chi connectivity index (χ3v) is 10.5. The van der Waals surface area contributed by atoms with Gasteiger partial charge >= 0.3 is 6.18 Å². The van der Waals surface area contributed by atoms with Crippen LogP contribution in [0.15, 0.2) is 102 Å². The molecule has 0 saturated carbocycles. The first-order valence-electron chi connectivity index (χ1n) is 12.6. The minimum atomic E-state index is -4.46. The Labute approximate surface area is 221 Å². The average molecular weight is 535 g/mol. The van der Waals surface area contributed by atoms with Crippen LogP contribution in [0.2, 0.25) is 0 Å². The number of fused-ring (bicyclic) bond motifs is 3. The van der Waals surface area contributed by atoms with Crippen LogP contribution in [0.4, 0.5) is 18.9 Å². The van der Waals surface area contributed by atoms with E-state index in [4.69, 9.17) is 9.27 Å². The van der Waals surface area contributed by atoms with Gasteiger partial charge in [-0.1, -0.05) is 63.2 Å². The molecule has 5 rings (SSSR count). The summed E-state index contributed by atoms with van der Waals surface area (Å²) >= 11 is 0. The summed E-state index contributed by atoms with van der Waals surface area (Å²) in [6.45, 7) is 9.06. The van der Waals surface area contributed by atoms with Gasteiger partial charge in [-0.3, -0.25) is 0 Å². The molecule has 38 heavy (non-hydrogen) atoms. The second-order valence-corrected chi connectivity index (χ2v) is 13.7. The average Bonchev–Trinajstić information content (AvgIpc) is 3.21. The third kappa shape index (κ3) is 4.63. The van der Waals surface area contributed by atoms with Gasteiger partial charge in [0.15, 0.2) is 7.28 Å². The lowest BCUT2D eigenvalue weighted by atomic mass is 10.1. The molecule has 4 aromatic carbocycles. The van der Waals surface area contributed by atoms with Crippen molar-refractivity contribution in [3.05, 3.63) is 103 Å². The number of para-hydroxylation sites is 2. The molecule has 1 heterocycles. The van der Waals surface area contributed by atoms with E-state index in [1.807, 2.05) is 69.3 Å². The van der Waals surface area contributed by atoms with Gasteiger partial charge in [0.2, 0.25) is 0 Å². The molecule has 0 aliphatic rings. The Hall–Kier alpha value is -3.50. The predicted octanol–water partition coefficient (Wildman–Crippen LogP) is 9.78. The van der Waals surface area contributed by atoms with Crippen LogP contribution in [-0.2, 0) is 12.7 Å². The van der Waals surface area contributed by atoms with Gasteiger partial charge in [0.25, 0.3) is 0 Å². The maximum absolute atomic E-state index is 13.6. The monoisotopic (exact) mass is 534 g/mol. The van der Waals surface area contributed by atoms with Gasteiger partial charge < -0.3 is 9.09 Å². The summed E-state index contributed by atoms with van der Waals surface area (Å²) < 4.78 is 55.0. The van der Waals surface area contributed by atoms with Crippen LogP contribution < -0.4 is 9.83 Å². The van der Waals surface area contributed by atoms with Gasteiger partial charge in [-0.05, 0) is 61.5 Å². The molecule has 0 aliphatic carbocycles. The van der Waals surface area contributed by atoms with E-state index in [1.165, 1.54) is 6.07 Å². The van der Waals surface area contributed by atoms with Crippen molar-refractivity contribution in [3.8, 4) is 5.75 Å². The number of aryl methyl sites for hydroxylation is 1. The van der Waals surface area contributed by atoms with Gasteiger partial charge in [-0.15, -0.1) is 0 Å². The van der Waals surface area contributed by atoms with E-state index in [2.05, 4.69) is 35.8 Å². The Morgan fingerprint density at radius 1 is 0.763 bits per heavy atom. The van der Waals surface area contributed by atoms with Crippen LogP contribution >= 0.6 is 7.28 Å². The number of halogens is 3.